The lowest BCUT2D eigenvalue weighted by atomic mass is 9.83. The number of halogens is 3. The van der Waals surface area contributed by atoms with Crippen LogP contribution in [0.4, 0.5) is 13.2 Å². The molecule has 2 aromatic heterocycles. The van der Waals surface area contributed by atoms with Gasteiger partial charge in [-0.05, 0) is 46.2 Å². The number of aromatic nitrogens is 2. The van der Waals surface area contributed by atoms with Crippen molar-refractivity contribution < 1.29 is 13.2 Å². The second-order valence-corrected chi connectivity index (χ2v) is 8.59. The molecule has 0 amide bonds. The summed E-state index contributed by atoms with van der Waals surface area (Å²) >= 11 is 0. The molecule has 150 valence electrons. The monoisotopic (exact) mass is 404 g/mol. The maximum atomic E-state index is 14.1. The lowest BCUT2D eigenvalue weighted by Crippen LogP contribution is -2.11. The Hall–Kier alpha value is -3.34. The van der Waals surface area contributed by atoms with Crippen molar-refractivity contribution in [1.82, 2.24) is 9.38 Å². The van der Waals surface area contributed by atoms with Crippen molar-refractivity contribution in [3.05, 3.63) is 83.9 Å². The Kier molecular flexibility index (Phi) is 3.94. The van der Waals surface area contributed by atoms with E-state index in [4.69, 9.17) is 0 Å². The van der Waals surface area contributed by atoms with Crippen LogP contribution in [0.5, 0.6) is 0 Å². The summed E-state index contributed by atoms with van der Waals surface area (Å²) in [5.41, 5.74) is 3.26. The maximum Gasteiger partial charge on any atom is 0.194 e. The van der Waals surface area contributed by atoms with Crippen LogP contribution in [0.3, 0.4) is 0 Å². The summed E-state index contributed by atoms with van der Waals surface area (Å²) < 4.78 is 43.9. The highest BCUT2D eigenvalue weighted by Gasteiger charge is 2.22. The van der Waals surface area contributed by atoms with E-state index in [1.54, 1.807) is 6.20 Å². The molecular weight excluding hydrogens is 385 g/mol. The summed E-state index contributed by atoms with van der Waals surface area (Å²) in [6.45, 7) is 6.26. The Bertz CT molecular complexity index is 1440. The molecule has 0 bridgehead atoms. The molecule has 0 fully saturated rings. The standard InChI is InChI=1S/C25H19F3N2/c1-25(2,3)15-12-18(14-10-20(26)22(28)21(27)11-14)23-19(13-15)16-6-4-5-7-17(16)24-29-8-9-30(23)24/h4-13H,1-3H3. The number of fused-ring (bicyclic) bond motifs is 6. The number of hydrogen-bond donors (Lipinski definition) is 0. The average molecular weight is 404 g/mol. The Morgan fingerprint density at radius 3 is 2.17 bits per heavy atom. The topological polar surface area (TPSA) is 17.3 Å². The molecule has 0 aliphatic rings. The van der Waals surface area contributed by atoms with E-state index in [2.05, 4.69) is 31.8 Å². The van der Waals surface area contributed by atoms with E-state index in [1.165, 1.54) is 0 Å². The highest BCUT2D eigenvalue weighted by atomic mass is 19.2. The molecule has 0 saturated heterocycles. The fourth-order valence-corrected chi connectivity index (χ4v) is 4.06. The Labute approximate surface area is 171 Å². The zero-order valence-corrected chi connectivity index (χ0v) is 16.8. The first-order valence-electron chi connectivity index (χ1n) is 9.72. The van der Waals surface area contributed by atoms with Crippen LogP contribution in [0.15, 0.2) is 60.9 Å². The van der Waals surface area contributed by atoms with Crippen molar-refractivity contribution in [1.29, 1.82) is 0 Å². The van der Waals surface area contributed by atoms with E-state index >= 15 is 0 Å². The molecule has 0 saturated carbocycles. The first-order valence-corrected chi connectivity index (χ1v) is 9.72. The highest BCUT2D eigenvalue weighted by Crippen LogP contribution is 2.39. The minimum atomic E-state index is -1.46. The third-order valence-corrected chi connectivity index (χ3v) is 5.61. The van der Waals surface area contributed by atoms with Gasteiger partial charge in [0.05, 0.1) is 5.52 Å². The lowest BCUT2D eigenvalue weighted by Gasteiger charge is -2.23. The molecule has 5 aromatic rings. The zero-order chi connectivity index (χ0) is 21.2. The zero-order valence-electron chi connectivity index (χ0n) is 16.8. The van der Waals surface area contributed by atoms with Gasteiger partial charge in [0, 0.05) is 28.7 Å². The van der Waals surface area contributed by atoms with Crippen molar-refractivity contribution in [3.63, 3.8) is 0 Å². The van der Waals surface area contributed by atoms with Gasteiger partial charge in [-0.3, -0.25) is 4.40 Å². The van der Waals surface area contributed by atoms with Gasteiger partial charge in [-0.2, -0.15) is 0 Å². The summed E-state index contributed by atoms with van der Waals surface area (Å²) in [5.74, 6) is -3.88. The fraction of sp³-hybridized carbons (Fsp3) is 0.160. The van der Waals surface area contributed by atoms with Crippen LogP contribution in [0.2, 0.25) is 0 Å². The third kappa shape index (κ3) is 2.69. The van der Waals surface area contributed by atoms with Crippen LogP contribution in [0, 0.1) is 17.5 Å². The Morgan fingerprint density at radius 2 is 1.50 bits per heavy atom. The van der Waals surface area contributed by atoms with Crippen LogP contribution in [0.25, 0.3) is 38.4 Å². The molecule has 5 heteroatoms. The van der Waals surface area contributed by atoms with E-state index in [1.807, 2.05) is 40.9 Å². The quantitative estimate of drug-likeness (QED) is 0.217. The average Bonchev–Trinajstić information content (AvgIpc) is 3.20. The summed E-state index contributed by atoms with van der Waals surface area (Å²) in [6.07, 6.45) is 3.54. The molecule has 0 aliphatic carbocycles. The van der Waals surface area contributed by atoms with Crippen molar-refractivity contribution in [3.8, 4) is 11.1 Å². The molecule has 0 radical (unpaired) electrons. The molecule has 5 rings (SSSR count). The van der Waals surface area contributed by atoms with Crippen molar-refractivity contribution in [2.75, 3.05) is 0 Å². The molecule has 2 heterocycles. The number of pyridine rings is 1. The number of rotatable bonds is 1. The van der Waals surface area contributed by atoms with Gasteiger partial charge in [0.15, 0.2) is 17.5 Å². The molecule has 0 spiro atoms. The number of nitrogens with zero attached hydrogens (tertiary/aromatic N) is 2. The number of benzene rings is 3. The second-order valence-electron chi connectivity index (χ2n) is 8.59. The van der Waals surface area contributed by atoms with Gasteiger partial charge in [0.1, 0.15) is 5.65 Å². The molecule has 3 aromatic carbocycles. The van der Waals surface area contributed by atoms with Gasteiger partial charge in [-0.25, -0.2) is 18.2 Å². The number of imidazole rings is 1. The predicted molar refractivity (Wildman–Crippen MR) is 114 cm³/mol. The lowest BCUT2D eigenvalue weighted by molar-refractivity contribution is 0.448. The molecule has 0 atom stereocenters. The Morgan fingerprint density at radius 1 is 0.833 bits per heavy atom. The minimum Gasteiger partial charge on any atom is -0.299 e. The molecule has 30 heavy (non-hydrogen) atoms. The van der Waals surface area contributed by atoms with E-state index in [0.717, 1.165) is 45.0 Å². The van der Waals surface area contributed by atoms with Crippen LogP contribution in [0.1, 0.15) is 26.3 Å². The van der Waals surface area contributed by atoms with Gasteiger partial charge in [-0.15, -0.1) is 0 Å². The summed E-state index contributed by atoms with van der Waals surface area (Å²) in [4.78, 5) is 4.51. The largest absolute Gasteiger partial charge is 0.299 e. The van der Waals surface area contributed by atoms with Gasteiger partial charge >= 0.3 is 0 Å². The van der Waals surface area contributed by atoms with Crippen molar-refractivity contribution in [2.24, 2.45) is 0 Å². The van der Waals surface area contributed by atoms with Gasteiger partial charge in [0.25, 0.3) is 0 Å². The summed E-state index contributed by atoms with van der Waals surface area (Å²) in [7, 11) is 0. The molecule has 0 N–H and O–H groups in total. The van der Waals surface area contributed by atoms with Gasteiger partial charge in [-0.1, -0.05) is 45.0 Å². The van der Waals surface area contributed by atoms with E-state index < -0.39 is 17.5 Å². The summed E-state index contributed by atoms with van der Waals surface area (Å²) in [6, 6.07) is 14.1. The summed E-state index contributed by atoms with van der Waals surface area (Å²) in [5, 5.41) is 2.94. The molecule has 0 unspecified atom stereocenters. The molecular formula is C25H19F3N2. The minimum absolute atomic E-state index is 0.203. The van der Waals surface area contributed by atoms with Crippen LogP contribution < -0.4 is 0 Å². The first-order chi connectivity index (χ1) is 14.3. The van der Waals surface area contributed by atoms with E-state index in [9.17, 15) is 13.2 Å². The fourth-order valence-electron chi connectivity index (χ4n) is 4.06. The second kappa shape index (κ2) is 6.33. The van der Waals surface area contributed by atoms with Gasteiger partial charge < -0.3 is 0 Å². The van der Waals surface area contributed by atoms with Gasteiger partial charge in [0.2, 0.25) is 0 Å². The smallest absolute Gasteiger partial charge is 0.194 e. The normalized spacial score (nSPS) is 12.3. The van der Waals surface area contributed by atoms with Crippen molar-refractivity contribution in [2.45, 2.75) is 26.2 Å². The van der Waals surface area contributed by atoms with E-state index in [0.29, 0.717) is 5.56 Å². The van der Waals surface area contributed by atoms with E-state index in [-0.39, 0.29) is 11.0 Å². The maximum absolute atomic E-state index is 14.1. The highest BCUT2D eigenvalue weighted by molar-refractivity contribution is 6.15. The first kappa shape index (κ1) is 18.7. The van der Waals surface area contributed by atoms with Crippen LogP contribution in [-0.4, -0.2) is 9.38 Å². The number of hydrogen-bond acceptors (Lipinski definition) is 1. The SMILES string of the molecule is CC(C)(C)c1cc(-c2cc(F)c(F)c(F)c2)c2c(c1)c1ccccc1c1nccn12. The Balaban J connectivity index is 2.04. The molecule has 0 aliphatic heterocycles. The third-order valence-electron chi connectivity index (χ3n) is 5.61. The predicted octanol–water partition coefficient (Wildman–Crippen LogP) is 7.02. The molecule has 2 nitrogen and oxygen atoms in total. The van der Waals surface area contributed by atoms with Crippen molar-refractivity contribution >= 4 is 27.3 Å². The van der Waals surface area contributed by atoms with Crippen LogP contribution in [-0.2, 0) is 5.41 Å². The van der Waals surface area contributed by atoms with Crippen LogP contribution >= 0.6 is 0 Å².